The molecule has 1 aliphatic heterocycles. The largest absolute Gasteiger partial charge is 0.310 e. The van der Waals surface area contributed by atoms with E-state index in [0.717, 1.165) is 22.1 Å². The molecule has 1 saturated heterocycles. The van der Waals surface area contributed by atoms with Crippen molar-refractivity contribution in [3.8, 4) is 0 Å². The van der Waals surface area contributed by atoms with Crippen molar-refractivity contribution in [3.63, 3.8) is 0 Å². The third kappa shape index (κ3) is 2.08. The summed E-state index contributed by atoms with van der Waals surface area (Å²) >= 11 is 2.09. The summed E-state index contributed by atoms with van der Waals surface area (Å²) in [6.45, 7) is 1.05. The van der Waals surface area contributed by atoms with Crippen molar-refractivity contribution in [3.05, 3.63) is 33.1 Å². The van der Waals surface area contributed by atoms with Gasteiger partial charge in [0.05, 0.1) is 3.57 Å². The monoisotopic (exact) mass is 305 g/mol. The van der Waals surface area contributed by atoms with E-state index in [4.69, 9.17) is 0 Å². The topological polar surface area (TPSA) is 12.0 Å². The molecule has 1 aromatic rings. The average molecular weight is 305 g/mol. The van der Waals surface area contributed by atoms with Gasteiger partial charge in [-0.25, -0.2) is 4.39 Å². The van der Waals surface area contributed by atoms with Crippen molar-refractivity contribution in [2.75, 3.05) is 6.54 Å². The highest BCUT2D eigenvalue weighted by Gasteiger charge is 2.18. The summed E-state index contributed by atoms with van der Waals surface area (Å²) in [4.78, 5) is 0. The van der Waals surface area contributed by atoms with Gasteiger partial charge in [0.25, 0.3) is 0 Å². The maximum Gasteiger partial charge on any atom is 0.136 e. The molecule has 1 heterocycles. The molecule has 76 valence electrons. The highest BCUT2D eigenvalue weighted by atomic mass is 127. The van der Waals surface area contributed by atoms with Gasteiger partial charge in [-0.1, -0.05) is 18.6 Å². The van der Waals surface area contributed by atoms with Crippen LogP contribution in [-0.2, 0) is 0 Å². The zero-order valence-corrected chi connectivity index (χ0v) is 10.1. The first kappa shape index (κ1) is 10.4. The molecule has 0 saturated carbocycles. The number of nitrogens with one attached hydrogen (secondary N) is 1. The highest BCUT2D eigenvalue weighted by molar-refractivity contribution is 14.1. The quantitative estimate of drug-likeness (QED) is 0.786. The smallest absolute Gasteiger partial charge is 0.136 e. The van der Waals surface area contributed by atoms with Crippen LogP contribution in [0, 0.1) is 9.39 Å². The van der Waals surface area contributed by atoms with E-state index < -0.39 is 0 Å². The summed E-state index contributed by atoms with van der Waals surface area (Å²) in [6, 6.07) is 5.69. The number of benzene rings is 1. The Kier molecular flexibility index (Phi) is 3.38. The number of hydrogen-bond acceptors (Lipinski definition) is 1. The van der Waals surface area contributed by atoms with Crippen molar-refractivity contribution in [1.29, 1.82) is 0 Å². The zero-order valence-electron chi connectivity index (χ0n) is 7.89. The lowest BCUT2D eigenvalue weighted by Gasteiger charge is -2.24. The number of hydrogen-bond donors (Lipinski definition) is 1. The van der Waals surface area contributed by atoms with Gasteiger partial charge in [0.2, 0.25) is 0 Å². The number of rotatable bonds is 1. The first-order valence-corrected chi connectivity index (χ1v) is 6.04. The lowest BCUT2D eigenvalue weighted by atomic mass is 9.98. The van der Waals surface area contributed by atoms with Crippen molar-refractivity contribution < 1.29 is 4.39 Å². The minimum Gasteiger partial charge on any atom is -0.310 e. The summed E-state index contributed by atoms with van der Waals surface area (Å²) in [6.07, 6.45) is 3.60. The van der Waals surface area contributed by atoms with Crippen LogP contribution < -0.4 is 5.32 Å². The van der Waals surface area contributed by atoms with E-state index >= 15 is 0 Å². The molecule has 0 bridgehead atoms. The summed E-state index contributed by atoms with van der Waals surface area (Å²) in [7, 11) is 0. The summed E-state index contributed by atoms with van der Waals surface area (Å²) in [5.74, 6) is -0.101. The second-order valence-electron chi connectivity index (χ2n) is 3.65. The van der Waals surface area contributed by atoms with Crippen LogP contribution in [0.2, 0.25) is 0 Å². The molecule has 0 aliphatic carbocycles. The Bertz CT molecular complexity index is 321. The summed E-state index contributed by atoms with van der Waals surface area (Å²) < 4.78 is 14.1. The van der Waals surface area contributed by atoms with Gasteiger partial charge in [0, 0.05) is 6.04 Å². The molecule has 0 radical (unpaired) electrons. The Morgan fingerprint density at radius 1 is 1.36 bits per heavy atom. The van der Waals surface area contributed by atoms with E-state index in [-0.39, 0.29) is 5.82 Å². The maximum atomic E-state index is 13.3. The van der Waals surface area contributed by atoms with Crippen LogP contribution >= 0.6 is 22.6 Å². The first-order valence-electron chi connectivity index (χ1n) is 4.96. The zero-order chi connectivity index (χ0) is 9.97. The van der Waals surface area contributed by atoms with E-state index in [1.807, 2.05) is 6.07 Å². The third-order valence-electron chi connectivity index (χ3n) is 2.67. The van der Waals surface area contributed by atoms with E-state index in [1.165, 1.54) is 18.9 Å². The van der Waals surface area contributed by atoms with Crippen molar-refractivity contribution in [2.24, 2.45) is 0 Å². The fraction of sp³-hybridized carbons (Fsp3) is 0.455. The first-order chi connectivity index (χ1) is 6.79. The normalized spacial score (nSPS) is 22.3. The van der Waals surface area contributed by atoms with Crippen LogP contribution in [0.15, 0.2) is 18.2 Å². The number of halogens is 2. The minimum absolute atomic E-state index is 0.101. The van der Waals surface area contributed by atoms with Crippen LogP contribution in [0.25, 0.3) is 0 Å². The van der Waals surface area contributed by atoms with E-state index in [1.54, 1.807) is 6.07 Å². The van der Waals surface area contributed by atoms with Crippen LogP contribution in [0.1, 0.15) is 30.9 Å². The Balaban J connectivity index is 2.26. The molecular weight excluding hydrogens is 292 g/mol. The molecule has 1 fully saturated rings. The van der Waals surface area contributed by atoms with Gasteiger partial charge in [-0.05, 0) is 53.6 Å². The van der Waals surface area contributed by atoms with Gasteiger partial charge in [0.1, 0.15) is 5.82 Å². The van der Waals surface area contributed by atoms with Crippen LogP contribution in [0.5, 0.6) is 0 Å². The summed E-state index contributed by atoms with van der Waals surface area (Å²) in [5.41, 5.74) is 1.12. The highest BCUT2D eigenvalue weighted by Crippen LogP contribution is 2.27. The molecule has 14 heavy (non-hydrogen) atoms. The molecule has 0 unspecified atom stereocenters. The Morgan fingerprint density at radius 3 is 2.93 bits per heavy atom. The van der Waals surface area contributed by atoms with Gasteiger partial charge in [-0.15, -0.1) is 0 Å². The molecule has 0 aromatic heterocycles. The lowest BCUT2D eigenvalue weighted by molar-refractivity contribution is 0.409. The second kappa shape index (κ2) is 4.57. The van der Waals surface area contributed by atoms with Crippen molar-refractivity contribution in [1.82, 2.24) is 5.32 Å². The third-order valence-corrected chi connectivity index (χ3v) is 3.81. The maximum absolute atomic E-state index is 13.3. The van der Waals surface area contributed by atoms with Gasteiger partial charge in [0.15, 0.2) is 0 Å². The number of piperidine rings is 1. The molecular formula is C11H13FIN. The lowest BCUT2D eigenvalue weighted by Crippen LogP contribution is -2.27. The molecule has 3 heteroatoms. The predicted molar refractivity (Wildman–Crippen MR) is 63.7 cm³/mol. The van der Waals surface area contributed by atoms with Gasteiger partial charge < -0.3 is 5.32 Å². The second-order valence-corrected chi connectivity index (χ2v) is 4.72. The fourth-order valence-corrected chi connectivity index (χ4v) is 2.64. The fourth-order valence-electron chi connectivity index (χ4n) is 1.91. The van der Waals surface area contributed by atoms with Gasteiger partial charge in [-0.3, -0.25) is 0 Å². The molecule has 2 rings (SSSR count). The molecule has 1 N–H and O–H groups in total. The molecule has 0 spiro atoms. The van der Waals surface area contributed by atoms with Gasteiger partial charge in [-0.2, -0.15) is 0 Å². The van der Waals surface area contributed by atoms with Crippen LogP contribution in [0.4, 0.5) is 4.39 Å². The molecule has 1 nitrogen and oxygen atoms in total. The predicted octanol–water partition coefficient (Wildman–Crippen LogP) is 3.24. The van der Waals surface area contributed by atoms with Crippen LogP contribution in [-0.4, -0.2) is 6.54 Å². The standard InChI is InChI=1S/C11H13FIN/c12-9-5-3-4-8(11(9)13)10-6-1-2-7-14-10/h3-5,10,14H,1-2,6-7H2/t10-/m0/s1. The van der Waals surface area contributed by atoms with E-state index in [0.29, 0.717) is 6.04 Å². The van der Waals surface area contributed by atoms with Crippen LogP contribution in [0.3, 0.4) is 0 Å². The van der Waals surface area contributed by atoms with Crippen molar-refractivity contribution in [2.45, 2.75) is 25.3 Å². The molecule has 0 amide bonds. The molecule has 1 aromatic carbocycles. The Labute approximate surface area is 97.2 Å². The molecule has 1 aliphatic rings. The minimum atomic E-state index is -0.101. The van der Waals surface area contributed by atoms with Gasteiger partial charge >= 0.3 is 0 Å². The van der Waals surface area contributed by atoms with E-state index in [2.05, 4.69) is 27.9 Å². The Hall–Kier alpha value is -0.160. The SMILES string of the molecule is Fc1cccc([C@@H]2CCCCN2)c1I. The summed E-state index contributed by atoms with van der Waals surface area (Å²) in [5, 5.41) is 3.43. The Morgan fingerprint density at radius 2 is 2.21 bits per heavy atom. The van der Waals surface area contributed by atoms with E-state index in [9.17, 15) is 4.39 Å². The van der Waals surface area contributed by atoms with Crippen molar-refractivity contribution >= 4 is 22.6 Å². The molecule has 1 atom stereocenters. The average Bonchev–Trinajstić information content (AvgIpc) is 2.23.